The Hall–Kier alpha value is -2.51. The van der Waals surface area contributed by atoms with Crippen LogP contribution in [0.4, 0.5) is 0 Å². The highest BCUT2D eigenvalue weighted by molar-refractivity contribution is 5.92. The Labute approximate surface area is 114 Å². The van der Waals surface area contributed by atoms with Crippen molar-refractivity contribution >= 4 is 5.91 Å². The van der Waals surface area contributed by atoms with Gasteiger partial charge in [0.15, 0.2) is 5.82 Å². The van der Waals surface area contributed by atoms with Crippen molar-refractivity contribution in [3.05, 3.63) is 39.9 Å². The predicted octanol–water partition coefficient (Wildman–Crippen LogP) is -0.289. The summed E-state index contributed by atoms with van der Waals surface area (Å²) in [7, 11) is 1.51. The summed E-state index contributed by atoms with van der Waals surface area (Å²) in [6, 6.07) is 2.77. The van der Waals surface area contributed by atoms with E-state index in [1.54, 1.807) is 11.8 Å². The summed E-state index contributed by atoms with van der Waals surface area (Å²) < 4.78 is 6.22. The molecule has 0 radical (unpaired) electrons. The Bertz CT molecular complexity index is 714. The maximum atomic E-state index is 12.2. The third-order valence-corrected chi connectivity index (χ3v) is 3.24. The van der Waals surface area contributed by atoms with Crippen LogP contribution in [0.1, 0.15) is 28.1 Å². The quantitative estimate of drug-likeness (QED) is 0.747. The SMILES string of the molecule is Cc1noc(C2CN(C(=O)c3ccc(=O)n(C)n3)C2)n1. The number of hydrogen-bond acceptors (Lipinski definition) is 6. The summed E-state index contributed by atoms with van der Waals surface area (Å²) in [5.41, 5.74) is 0.0108. The van der Waals surface area contributed by atoms with Crippen molar-refractivity contribution in [2.45, 2.75) is 12.8 Å². The van der Waals surface area contributed by atoms with Gasteiger partial charge in [-0.25, -0.2) is 4.68 Å². The third-order valence-electron chi connectivity index (χ3n) is 3.24. The van der Waals surface area contributed by atoms with Gasteiger partial charge in [-0.1, -0.05) is 5.16 Å². The number of carbonyl (C=O) groups excluding carboxylic acids is 1. The lowest BCUT2D eigenvalue weighted by atomic mass is 9.99. The fraction of sp³-hybridized carbons (Fsp3) is 0.417. The van der Waals surface area contributed by atoms with Gasteiger partial charge in [0, 0.05) is 26.2 Å². The molecular formula is C12H13N5O3. The Morgan fingerprint density at radius 1 is 1.40 bits per heavy atom. The van der Waals surface area contributed by atoms with Crippen LogP contribution in [-0.2, 0) is 7.05 Å². The van der Waals surface area contributed by atoms with Gasteiger partial charge in [0.2, 0.25) is 5.89 Å². The maximum Gasteiger partial charge on any atom is 0.274 e. The van der Waals surface area contributed by atoms with Crippen molar-refractivity contribution in [2.24, 2.45) is 7.05 Å². The zero-order valence-corrected chi connectivity index (χ0v) is 11.1. The maximum absolute atomic E-state index is 12.2. The number of amides is 1. The molecule has 2 aromatic rings. The van der Waals surface area contributed by atoms with Crippen molar-refractivity contribution in [1.82, 2.24) is 24.8 Å². The lowest BCUT2D eigenvalue weighted by Gasteiger charge is -2.36. The monoisotopic (exact) mass is 275 g/mol. The summed E-state index contributed by atoms with van der Waals surface area (Å²) in [6.45, 7) is 2.79. The molecule has 1 aliphatic rings. The number of nitrogens with zero attached hydrogens (tertiary/aromatic N) is 5. The highest BCUT2D eigenvalue weighted by atomic mass is 16.5. The van der Waals surface area contributed by atoms with Gasteiger partial charge >= 0.3 is 0 Å². The van der Waals surface area contributed by atoms with Crippen LogP contribution in [0.5, 0.6) is 0 Å². The molecule has 1 amide bonds. The van der Waals surface area contributed by atoms with Crippen LogP contribution < -0.4 is 5.56 Å². The average Bonchev–Trinajstić information content (AvgIpc) is 2.77. The second kappa shape index (κ2) is 4.55. The van der Waals surface area contributed by atoms with Crippen LogP contribution in [-0.4, -0.2) is 43.8 Å². The van der Waals surface area contributed by atoms with E-state index in [2.05, 4.69) is 15.2 Å². The standard InChI is InChI=1S/C12H13N5O3/c1-7-13-11(20-15-7)8-5-17(6-8)12(19)9-3-4-10(18)16(2)14-9/h3-4,8H,5-6H2,1-2H3. The van der Waals surface area contributed by atoms with E-state index in [9.17, 15) is 9.59 Å². The first-order valence-electron chi connectivity index (χ1n) is 6.18. The molecule has 3 heterocycles. The first-order chi connectivity index (χ1) is 9.54. The van der Waals surface area contributed by atoms with E-state index in [1.807, 2.05) is 0 Å². The van der Waals surface area contributed by atoms with E-state index in [1.165, 1.54) is 19.2 Å². The topological polar surface area (TPSA) is 94.1 Å². The van der Waals surface area contributed by atoms with Crippen molar-refractivity contribution < 1.29 is 9.32 Å². The fourth-order valence-corrected chi connectivity index (χ4v) is 2.06. The van der Waals surface area contributed by atoms with Crippen molar-refractivity contribution in [3.8, 4) is 0 Å². The van der Waals surface area contributed by atoms with Crippen LogP contribution in [0.3, 0.4) is 0 Å². The van der Waals surface area contributed by atoms with E-state index in [0.29, 0.717) is 24.8 Å². The predicted molar refractivity (Wildman–Crippen MR) is 67.2 cm³/mol. The normalized spacial score (nSPS) is 15.2. The molecule has 1 aliphatic heterocycles. The highest BCUT2D eigenvalue weighted by Gasteiger charge is 2.36. The Kier molecular flexibility index (Phi) is 2.85. The molecule has 0 unspecified atom stereocenters. The molecule has 0 atom stereocenters. The summed E-state index contributed by atoms with van der Waals surface area (Å²) in [5, 5.41) is 7.67. The number of rotatable bonds is 2. The van der Waals surface area contributed by atoms with E-state index < -0.39 is 0 Å². The molecule has 104 valence electrons. The van der Waals surface area contributed by atoms with Crippen molar-refractivity contribution in [3.63, 3.8) is 0 Å². The average molecular weight is 275 g/mol. The fourth-order valence-electron chi connectivity index (χ4n) is 2.06. The van der Waals surface area contributed by atoms with Gasteiger partial charge in [-0.15, -0.1) is 0 Å². The largest absolute Gasteiger partial charge is 0.339 e. The molecular weight excluding hydrogens is 262 g/mol. The number of aryl methyl sites for hydroxylation is 2. The smallest absolute Gasteiger partial charge is 0.274 e. The van der Waals surface area contributed by atoms with Gasteiger partial charge in [-0.05, 0) is 13.0 Å². The van der Waals surface area contributed by atoms with E-state index in [0.717, 1.165) is 4.68 Å². The number of hydrogen-bond donors (Lipinski definition) is 0. The molecule has 2 aromatic heterocycles. The molecule has 0 aliphatic carbocycles. The molecule has 3 rings (SSSR count). The number of aromatic nitrogens is 4. The number of likely N-dealkylation sites (tertiary alicyclic amines) is 1. The first-order valence-corrected chi connectivity index (χ1v) is 6.18. The molecule has 0 bridgehead atoms. The highest BCUT2D eigenvalue weighted by Crippen LogP contribution is 2.26. The Balaban J connectivity index is 1.68. The summed E-state index contributed by atoms with van der Waals surface area (Å²) >= 11 is 0. The molecule has 20 heavy (non-hydrogen) atoms. The van der Waals surface area contributed by atoms with Crippen LogP contribution in [0.2, 0.25) is 0 Å². The molecule has 0 aromatic carbocycles. The van der Waals surface area contributed by atoms with Gasteiger partial charge in [0.1, 0.15) is 5.69 Å². The molecule has 1 fully saturated rings. The van der Waals surface area contributed by atoms with Crippen LogP contribution >= 0.6 is 0 Å². The van der Waals surface area contributed by atoms with Crippen LogP contribution in [0.25, 0.3) is 0 Å². The molecule has 0 spiro atoms. The Morgan fingerprint density at radius 2 is 2.15 bits per heavy atom. The second-order valence-electron chi connectivity index (χ2n) is 4.77. The minimum Gasteiger partial charge on any atom is -0.339 e. The van der Waals surface area contributed by atoms with E-state index in [4.69, 9.17) is 4.52 Å². The first kappa shape index (κ1) is 12.5. The van der Waals surface area contributed by atoms with Gasteiger partial charge in [0.25, 0.3) is 11.5 Å². The lowest BCUT2D eigenvalue weighted by molar-refractivity contribution is 0.0560. The van der Waals surface area contributed by atoms with Gasteiger partial charge in [-0.2, -0.15) is 10.1 Å². The van der Waals surface area contributed by atoms with Crippen LogP contribution in [0.15, 0.2) is 21.5 Å². The number of carbonyl (C=O) groups is 1. The van der Waals surface area contributed by atoms with Gasteiger partial charge in [0.05, 0.1) is 5.92 Å². The van der Waals surface area contributed by atoms with Crippen LogP contribution in [0, 0.1) is 6.92 Å². The third kappa shape index (κ3) is 2.09. The summed E-state index contributed by atoms with van der Waals surface area (Å²) in [4.78, 5) is 29.2. The Morgan fingerprint density at radius 3 is 2.75 bits per heavy atom. The minimum atomic E-state index is -0.246. The lowest BCUT2D eigenvalue weighted by Crippen LogP contribution is -2.49. The van der Waals surface area contributed by atoms with E-state index in [-0.39, 0.29) is 23.1 Å². The zero-order chi connectivity index (χ0) is 14.3. The summed E-state index contributed by atoms with van der Waals surface area (Å²) in [5.74, 6) is 1.02. The molecule has 1 saturated heterocycles. The molecule has 8 nitrogen and oxygen atoms in total. The minimum absolute atomic E-state index is 0.0766. The van der Waals surface area contributed by atoms with Gasteiger partial charge in [-0.3, -0.25) is 9.59 Å². The molecule has 0 N–H and O–H groups in total. The van der Waals surface area contributed by atoms with E-state index >= 15 is 0 Å². The van der Waals surface area contributed by atoms with Crippen molar-refractivity contribution in [1.29, 1.82) is 0 Å². The molecule has 8 heteroatoms. The second-order valence-corrected chi connectivity index (χ2v) is 4.77. The summed E-state index contributed by atoms with van der Waals surface area (Å²) in [6.07, 6.45) is 0. The van der Waals surface area contributed by atoms with Crippen molar-refractivity contribution in [2.75, 3.05) is 13.1 Å². The zero-order valence-electron chi connectivity index (χ0n) is 11.1. The van der Waals surface area contributed by atoms with Gasteiger partial charge < -0.3 is 9.42 Å². The molecule has 0 saturated carbocycles.